The van der Waals surface area contributed by atoms with Crippen LogP contribution in [0.1, 0.15) is 57.0 Å². The van der Waals surface area contributed by atoms with Crippen molar-refractivity contribution in [3.05, 3.63) is 36.0 Å². The van der Waals surface area contributed by atoms with Gasteiger partial charge in [-0.2, -0.15) is 4.98 Å². The van der Waals surface area contributed by atoms with E-state index in [9.17, 15) is 4.79 Å². The molecule has 2 aromatic heterocycles. The summed E-state index contributed by atoms with van der Waals surface area (Å²) in [7, 11) is 0. The molecule has 1 amide bonds. The van der Waals surface area contributed by atoms with Crippen LogP contribution in [0, 0.1) is 5.92 Å². The van der Waals surface area contributed by atoms with Crippen LogP contribution in [0.2, 0.25) is 0 Å². The first-order chi connectivity index (χ1) is 14.6. The summed E-state index contributed by atoms with van der Waals surface area (Å²) >= 11 is 0. The fourth-order valence-electron chi connectivity index (χ4n) is 4.40. The zero-order chi connectivity index (χ0) is 20.9. The topological polar surface area (TPSA) is 87.4 Å². The number of rotatable bonds is 6. The number of nitrogens with one attached hydrogen (secondary N) is 1. The van der Waals surface area contributed by atoms with Crippen molar-refractivity contribution in [2.45, 2.75) is 58.0 Å². The molecule has 1 N–H and O–H groups in total. The molecule has 2 saturated heterocycles. The van der Waals surface area contributed by atoms with E-state index in [4.69, 9.17) is 4.52 Å². The van der Waals surface area contributed by atoms with E-state index in [-0.39, 0.29) is 17.7 Å². The van der Waals surface area contributed by atoms with Crippen molar-refractivity contribution in [2.24, 2.45) is 5.92 Å². The van der Waals surface area contributed by atoms with Gasteiger partial charge >= 0.3 is 0 Å². The third kappa shape index (κ3) is 4.98. The summed E-state index contributed by atoms with van der Waals surface area (Å²) in [6, 6.07) is 6.29. The Morgan fingerprint density at radius 3 is 2.77 bits per heavy atom. The summed E-state index contributed by atoms with van der Waals surface area (Å²) in [5.74, 6) is 1.87. The first-order valence-corrected chi connectivity index (χ1v) is 11.1. The number of anilines is 1. The predicted molar refractivity (Wildman–Crippen MR) is 114 cm³/mol. The van der Waals surface area contributed by atoms with Gasteiger partial charge in [0.15, 0.2) is 0 Å². The average Bonchev–Trinajstić information content (AvgIpc) is 3.29. The maximum absolute atomic E-state index is 12.7. The Kier molecular flexibility index (Phi) is 6.62. The molecule has 0 spiro atoms. The summed E-state index contributed by atoms with van der Waals surface area (Å²) in [5.41, 5.74) is 0.896. The van der Waals surface area contributed by atoms with Gasteiger partial charge in [0.25, 0.3) is 5.95 Å². The second-order valence-corrected chi connectivity index (χ2v) is 8.68. The summed E-state index contributed by atoms with van der Waals surface area (Å²) in [5, 5.41) is 7.22. The van der Waals surface area contributed by atoms with Crippen LogP contribution in [0.5, 0.6) is 0 Å². The Morgan fingerprint density at radius 2 is 2.07 bits per heavy atom. The zero-order valence-corrected chi connectivity index (χ0v) is 18.0. The lowest BCUT2D eigenvalue weighted by atomic mass is 9.93. The smallest absolute Gasteiger partial charge is 0.266 e. The van der Waals surface area contributed by atoms with E-state index in [1.54, 1.807) is 6.20 Å². The molecule has 30 heavy (non-hydrogen) atoms. The van der Waals surface area contributed by atoms with Crippen LogP contribution in [-0.2, 0) is 11.3 Å². The Labute approximate surface area is 178 Å². The molecular formula is C22H32N6O2. The van der Waals surface area contributed by atoms with Crippen LogP contribution in [-0.4, -0.2) is 58.2 Å². The Hall–Kier alpha value is -2.48. The van der Waals surface area contributed by atoms with Crippen LogP contribution >= 0.6 is 0 Å². The average molecular weight is 413 g/mol. The first kappa shape index (κ1) is 20.8. The van der Waals surface area contributed by atoms with Crippen molar-refractivity contribution in [3.63, 3.8) is 0 Å². The van der Waals surface area contributed by atoms with Crippen LogP contribution in [0.25, 0.3) is 0 Å². The van der Waals surface area contributed by atoms with Gasteiger partial charge in [-0.1, -0.05) is 19.9 Å². The number of piperidine rings is 2. The number of hydrogen-bond donors (Lipinski definition) is 1. The molecule has 4 heterocycles. The molecule has 2 aromatic rings. The number of likely N-dealkylation sites (tertiary alicyclic amines) is 1. The van der Waals surface area contributed by atoms with E-state index in [1.165, 1.54) is 0 Å². The summed E-state index contributed by atoms with van der Waals surface area (Å²) < 4.78 is 5.36. The van der Waals surface area contributed by atoms with E-state index >= 15 is 0 Å². The molecule has 2 aliphatic rings. The fraction of sp³-hybridized carbons (Fsp3) is 0.636. The van der Waals surface area contributed by atoms with E-state index in [0.717, 1.165) is 57.6 Å². The highest BCUT2D eigenvalue weighted by molar-refractivity contribution is 5.78. The minimum absolute atomic E-state index is 0.0614. The van der Waals surface area contributed by atoms with Gasteiger partial charge in [-0.25, -0.2) is 0 Å². The second-order valence-electron chi connectivity index (χ2n) is 8.68. The van der Waals surface area contributed by atoms with Crippen molar-refractivity contribution in [3.8, 4) is 0 Å². The Bertz CT molecular complexity index is 816. The van der Waals surface area contributed by atoms with E-state index in [0.29, 0.717) is 24.4 Å². The minimum atomic E-state index is 0.0614. The molecule has 0 aliphatic carbocycles. The number of hydrogen-bond acceptors (Lipinski definition) is 7. The molecule has 0 saturated carbocycles. The SMILES string of the molecule is CC(C)c1nc(N2CCC(N3CCC[C@H](C(=O)NCc4ccccn4)C3)CC2)no1. The fourth-order valence-corrected chi connectivity index (χ4v) is 4.40. The number of aromatic nitrogens is 3. The summed E-state index contributed by atoms with van der Waals surface area (Å²) in [6.45, 7) is 8.39. The van der Waals surface area contributed by atoms with Crippen molar-refractivity contribution in [1.29, 1.82) is 0 Å². The number of carbonyl (C=O) groups is 1. The molecular weight excluding hydrogens is 380 g/mol. The quantitative estimate of drug-likeness (QED) is 0.780. The molecule has 2 fully saturated rings. The van der Waals surface area contributed by atoms with Gasteiger partial charge in [-0.3, -0.25) is 14.7 Å². The molecule has 0 unspecified atom stereocenters. The molecule has 4 rings (SSSR count). The normalized spacial score (nSPS) is 21.2. The van der Waals surface area contributed by atoms with Gasteiger partial charge in [-0.05, 0) is 49.5 Å². The van der Waals surface area contributed by atoms with Crippen molar-refractivity contribution in [2.75, 3.05) is 31.1 Å². The van der Waals surface area contributed by atoms with Crippen LogP contribution in [0.4, 0.5) is 5.95 Å². The second kappa shape index (κ2) is 9.55. The predicted octanol–water partition coefficient (Wildman–Crippen LogP) is 2.59. The first-order valence-electron chi connectivity index (χ1n) is 11.1. The molecule has 8 nitrogen and oxygen atoms in total. The lowest BCUT2D eigenvalue weighted by Gasteiger charge is -2.41. The van der Waals surface area contributed by atoms with Gasteiger partial charge in [-0.15, -0.1) is 0 Å². The lowest BCUT2D eigenvalue weighted by Crippen LogP contribution is -2.51. The largest absolute Gasteiger partial charge is 0.350 e. The molecule has 162 valence electrons. The minimum Gasteiger partial charge on any atom is -0.350 e. The van der Waals surface area contributed by atoms with Gasteiger partial charge in [0.05, 0.1) is 18.2 Å². The third-order valence-corrected chi connectivity index (χ3v) is 6.18. The van der Waals surface area contributed by atoms with E-state index in [2.05, 4.69) is 44.1 Å². The molecule has 0 bridgehead atoms. The van der Waals surface area contributed by atoms with Crippen LogP contribution in [0.15, 0.2) is 28.9 Å². The number of nitrogens with zero attached hydrogens (tertiary/aromatic N) is 5. The molecule has 0 aromatic carbocycles. The highest BCUT2D eigenvalue weighted by Crippen LogP contribution is 2.26. The van der Waals surface area contributed by atoms with Gasteiger partial charge < -0.3 is 14.7 Å². The van der Waals surface area contributed by atoms with Crippen molar-refractivity contribution >= 4 is 11.9 Å². The Balaban J connectivity index is 1.26. The van der Waals surface area contributed by atoms with Gasteiger partial charge in [0.2, 0.25) is 11.8 Å². The standard InChI is InChI=1S/C22H32N6O2/c1-16(2)21-25-22(26-30-21)27-12-8-19(9-13-27)28-11-5-6-17(15-28)20(29)24-14-18-7-3-4-10-23-18/h3-4,7,10,16-17,19H,5-6,8-9,11-15H2,1-2H3,(H,24,29)/t17-/m0/s1. The monoisotopic (exact) mass is 412 g/mol. The number of amides is 1. The van der Waals surface area contributed by atoms with E-state index in [1.807, 2.05) is 18.2 Å². The highest BCUT2D eigenvalue weighted by atomic mass is 16.5. The number of carbonyl (C=O) groups excluding carboxylic acids is 1. The van der Waals surface area contributed by atoms with Crippen molar-refractivity contribution < 1.29 is 9.32 Å². The lowest BCUT2D eigenvalue weighted by molar-refractivity contribution is -0.127. The maximum atomic E-state index is 12.7. The molecule has 2 aliphatic heterocycles. The third-order valence-electron chi connectivity index (χ3n) is 6.18. The molecule has 0 radical (unpaired) electrons. The summed E-state index contributed by atoms with van der Waals surface area (Å²) in [6.07, 6.45) is 5.92. The zero-order valence-electron chi connectivity index (χ0n) is 18.0. The van der Waals surface area contributed by atoms with Gasteiger partial charge in [0.1, 0.15) is 0 Å². The van der Waals surface area contributed by atoms with E-state index < -0.39 is 0 Å². The molecule has 1 atom stereocenters. The maximum Gasteiger partial charge on any atom is 0.266 e. The number of pyridine rings is 1. The summed E-state index contributed by atoms with van der Waals surface area (Å²) in [4.78, 5) is 26.2. The molecule has 8 heteroatoms. The van der Waals surface area contributed by atoms with Crippen molar-refractivity contribution in [1.82, 2.24) is 25.3 Å². The Morgan fingerprint density at radius 1 is 1.23 bits per heavy atom. The van der Waals surface area contributed by atoms with Gasteiger partial charge in [0, 0.05) is 37.8 Å². The van der Waals surface area contributed by atoms with Crippen LogP contribution in [0.3, 0.4) is 0 Å². The van der Waals surface area contributed by atoms with Crippen LogP contribution < -0.4 is 10.2 Å². The highest BCUT2D eigenvalue weighted by Gasteiger charge is 2.32.